The predicted molar refractivity (Wildman–Crippen MR) is 116 cm³/mol. The number of rotatable bonds is 7. The van der Waals surface area contributed by atoms with E-state index in [-0.39, 0.29) is 12.4 Å². The molecular formula is C24H21FN2O4. The number of carbonyl (C=O) groups excluding carboxylic acids is 1. The largest absolute Gasteiger partial charge is 0.481 e. The van der Waals surface area contributed by atoms with Crippen molar-refractivity contribution >= 4 is 33.7 Å². The molecule has 1 aromatic heterocycles. The highest BCUT2D eigenvalue weighted by Gasteiger charge is 2.21. The molecule has 0 spiro atoms. The van der Waals surface area contributed by atoms with Gasteiger partial charge in [0.05, 0.1) is 23.0 Å². The van der Waals surface area contributed by atoms with Crippen molar-refractivity contribution in [2.24, 2.45) is 5.73 Å². The van der Waals surface area contributed by atoms with E-state index in [1.807, 2.05) is 23.6 Å². The summed E-state index contributed by atoms with van der Waals surface area (Å²) in [5.41, 5.74) is 8.74. The molecule has 1 heterocycles. The lowest BCUT2D eigenvalue weighted by molar-refractivity contribution is -0.139. The third kappa shape index (κ3) is 3.70. The lowest BCUT2D eigenvalue weighted by Gasteiger charge is -2.11. The summed E-state index contributed by atoms with van der Waals surface area (Å²) in [6.07, 6.45) is 0.684. The number of aromatic nitrogens is 1. The van der Waals surface area contributed by atoms with Gasteiger partial charge in [0.2, 0.25) is 5.91 Å². The van der Waals surface area contributed by atoms with Gasteiger partial charge in [-0.3, -0.25) is 4.79 Å². The van der Waals surface area contributed by atoms with E-state index in [1.165, 1.54) is 6.07 Å². The van der Waals surface area contributed by atoms with Crippen molar-refractivity contribution in [2.75, 3.05) is 6.61 Å². The zero-order valence-corrected chi connectivity index (χ0v) is 16.9. The summed E-state index contributed by atoms with van der Waals surface area (Å²) in [6, 6.07) is 15.4. The number of aryl methyl sites for hydroxylation is 1. The number of halogens is 1. The minimum absolute atomic E-state index is 0.223. The minimum atomic E-state index is -1.11. The van der Waals surface area contributed by atoms with Crippen LogP contribution in [-0.2, 0) is 17.8 Å². The van der Waals surface area contributed by atoms with E-state index in [4.69, 9.17) is 15.6 Å². The first kappa shape index (κ1) is 20.4. The fraction of sp³-hybridized carbons (Fsp3) is 0.167. The smallest absolute Gasteiger partial charge is 0.341 e. The van der Waals surface area contributed by atoms with Gasteiger partial charge in [-0.1, -0.05) is 31.2 Å². The normalized spacial score (nSPS) is 11.2. The number of primary amides is 1. The van der Waals surface area contributed by atoms with Gasteiger partial charge in [0.25, 0.3) is 0 Å². The second-order valence-electron chi connectivity index (χ2n) is 7.27. The van der Waals surface area contributed by atoms with Gasteiger partial charge < -0.3 is 20.1 Å². The SMILES string of the molecule is CCc1cc(OCC(=O)O)c2c3c(C(N)=O)cccc3n(Cc3ccccc3F)c2c1. The summed E-state index contributed by atoms with van der Waals surface area (Å²) < 4.78 is 22.0. The Morgan fingerprint density at radius 1 is 1.06 bits per heavy atom. The van der Waals surface area contributed by atoms with Crippen LogP contribution in [-0.4, -0.2) is 28.2 Å². The molecule has 4 rings (SSSR count). The highest BCUT2D eigenvalue weighted by Crippen LogP contribution is 2.39. The van der Waals surface area contributed by atoms with Crippen molar-refractivity contribution in [2.45, 2.75) is 19.9 Å². The Morgan fingerprint density at radius 3 is 2.52 bits per heavy atom. The number of fused-ring (bicyclic) bond motifs is 3. The Hall–Kier alpha value is -3.87. The van der Waals surface area contributed by atoms with Gasteiger partial charge in [0.1, 0.15) is 11.6 Å². The average molecular weight is 420 g/mol. The number of nitrogens with two attached hydrogens (primary N) is 1. The molecule has 3 aromatic carbocycles. The third-order valence-electron chi connectivity index (χ3n) is 5.33. The first-order chi connectivity index (χ1) is 14.9. The summed E-state index contributed by atoms with van der Waals surface area (Å²) in [7, 11) is 0. The Morgan fingerprint density at radius 2 is 1.84 bits per heavy atom. The van der Waals surface area contributed by atoms with E-state index in [1.54, 1.807) is 36.4 Å². The predicted octanol–water partition coefficient (Wildman–Crippen LogP) is 4.11. The number of carboxylic acids is 1. The van der Waals surface area contributed by atoms with Crippen molar-refractivity contribution in [3.63, 3.8) is 0 Å². The molecule has 0 fully saturated rings. The fourth-order valence-corrected chi connectivity index (χ4v) is 3.91. The number of hydrogen-bond acceptors (Lipinski definition) is 3. The Balaban J connectivity index is 2.09. The number of benzene rings is 3. The molecule has 0 bridgehead atoms. The molecule has 6 nitrogen and oxygen atoms in total. The molecular weight excluding hydrogens is 399 g/mol. The monoisotopic (exact) mass is 420 g/mol. The quantitative estimate of drug-likeness (QED) is 0.470. The van der Waals surface area contributed by atoms with Gasteiger partial charge in [-0.05, 0) is 42.3 Å². The average Bonchev–Trinajstić information content (AvgIpc) is 3.07. The number of amides is 1. The van der Waals surface area contributed by atoms with Crippen LogP contribution in [0.25, 0.3) is 21.8 Å². The topological polar surface area (TPSA) is 94.6 Å². The maximum absolute atomic E-state index is 14.4. The molecule has 31 heavy (non-hydrogen) atoms. The fourth-order valence-electron chi connectivity index (χ4n) is 3.91. The highest BCUT2D eigenvalue weighted by molar-refractivity contribution is 6.19. The Bertz CT molecular complexity index is 1330. The highest BCUT2D eigenvalue weighted by atomic mass is 19.1. The van der Waals surface area contributed by atoms with Crippen LogP contribution in [0.3, 0.4) is 0 Å². The van der Waals surface area contributed by atoms with Crippen molar-refractivity contribution < 1.29 is 23.8 Å². The van der Waals surface area contributed by atoms with Crippen LogP contribution in [0.5, 0.6) is 5.75 Å². The molecule has 3 N–H and O–H groups in total. The molecule has 0 saturated carbocycles. The van der Waals surface area contributed by atoms with Gasteiger partial charge in [-0.15, -0.1) is 0 Å². The van der Waals surface area contributed by atoms with Crippen molar-refractivity contribution in [1.82, 2.24) is 4.57 Å². The standard InChI is InChI=1S/C24H21FN2O4/c1-2-14-10-19-23(20(11-14)31-13-21(28)29)22-16(24(26)30)7-5-9-18(22)27(19)12-15-6-3-4-8-17(15)25/h3-11H,2,12-13H2,1H3,(H2,26,30)(H,28,29). The number of carboxylic acid groups (broad SMARTS) is 1. The minimum Gasteiger partial charge on any atom is -0.481 e. The molecule has 0 radical (unpaired) electrons. The van der Waals surface area contributed by atoms with Crippen LogP contribution in [0.1, 0.15) is 28.4 Å². The van der Waals surface area contributed by atoms with E-state index in [2.05, 4.69) is 0 Å². The summed E-state index contributed by atoms with van der Waals surface area (Å²) in [4.78, 5) is 23.3. The van der Waals surface area contributed by atoms with Gasteiger partial charge >= 0.3 is 5.97 Å². The zero-order valence-electron chi connectivity index (χ0n) is 16.9. The van der Waals surface area contributed by atoms with E-state index >= 15 is 0 Å². The van der Waals surface area contributed by atoms with Crippen LogP contribution < -0.4 is 10.5 Å². The van der Waals surface area contributed by atoms with Gasteiger partial charge in [0.15, 0.2) is 6.61 Å². The number of nitrogens with zero attached hydrogens (tertiary/aromatic N) is 1. The van der Waals surface area contributed by atoms with Crippen LogP contribution in [0.4, 0.5) is 4.39 Å². The molecule has 0 atom stereocenters. The second-order valence-corrected chi connectivity index (χ2v) is 7.27. The molecule has 7 heteroatoms. The number of aliphatic carboxylic acids is 1. The Labute approximate surface area is 177 Å². The van der Waals surface area contributed by atoms with Crippen molar-refractivity contribution in [1.29, 1.82) is 0 Å². The molecule has 158 valence electrons. The van der Waals surface area contributed by atoms with E-state index < -0.39 is 18.5 Å². The summed E-state index contributed by atoms with van der Waals surface area (Å²) in [5.74, 6) is -1.71. The van der Waals surface area contributed by atoms with E-state index in [0.29, 0.717) is 45.1 Å². The lowest BCUT2D eigenvalue weighted by Crippen LogP contribution is -2.12. The van der Waals surface area contributed by atoms with Crippen LogP contribution in [0.15, 0.2) is 54.6 Å². The van der Waals surface area contributed by atoms with E-state index in [0.717, 1.165) is 5.56 Å². The first-order valence-corrected chi connectivity index (χ1v) is 9.86. The van der Waals surface area contributed by atoms with Crippen LogP contribution in [0, 0.1) is 5.82 Å². The first-order valence-electron chi connectivity index (χ1n) is 9.86. The van der Waals surface area contributed by atoms with Gasteiger partial charge in [-0.2, -0.15) is 0 Å². The number of hydrogen-bond donors (Lipinski definition) is 2. The molecule has 0 aliphatic carbocycles. The maximum atomic E-state index is 14.4. The molecule has 0 saturated heterocycles. The van der Waals surface area contributed by atoms with Crippen molar-refractivity contribution in [3.8, 4) is 5.75 Å². The maximum Gasteiger partial charge on any atom is 0.341 e. The summed E-state index contributed by atoms with van der Waals surface area (Å²) in [6.45, 7) is 1.67. The van der Waals surface area contributed by atoms with Crippen LogP contribution >= 0.6 is 0 Å². The van der Waals surface area contributed by atoms with Gasteiger partial charge in [0, 0.05) is 16.5 Å². The van der Waals surface area contributed by atoms with Crippen LogP contribution in [0.2, 0.25) is 0 Å². The molecule has 0 aliphatic rings. The molecule has 0 aliphatic heterocycles. The van der Waals surface area contributed by atoms with Crippen molar-refractivity contribution in [3.05, 3.63) is 77.1 Å². The van der Waals surface area contributed by atoms with E-state index in [9.17, 15) is 14.0 Å². The lowest BCUT2D eigenvalue weighted by atomic mass is 10.0. The van der Waals surface area contributed by atoms with Gasteiger partial charge in [-0.25, -0.2) is 9.18 Å². The molecule has 0 unspecified atom stereocenters. The summed E-state index contributed by atoms with van der Waals surface area (Å²) in [5, 5.41) is 10.3. The number of carbonyl (C=O) groups is 2. The molecule has 1 amide bonds. The zero-order chi connectivity index (χ0) is 22.1. The second kappa shape index (κ2) is 8.10. The summed E-state index contributed by atoms with van der Waals surface area (Å²) >= 11 is 0. The third-order valence-corrected chi connectivity index (χ3v) is 5.33. The molecule has 4 aromatic rings. The Kier molecular flexibility index (Phi) is 5.33. The number of ether oxygens (including phenoxy) is 1.